The molecule has 0 bridgehead atoms. The summed E-state index contributed by atoms with van der Waals surface area (Å²) in [6.45, 7) is 4.34. The maximum atomic E-state index is 11.5. The van der Waals surface area contributed by atoms with Crippen LogP contribution in [0.25, 0.3) is 0 Å². The van der Waals surface area contributed by atoms with Crippen LogP contribution in [0.2, 0.25) is 0 Å². The van der Waals surface area contributed by atoms with Crippen LogP contribution >= 0.6 is 0 Å². The van der Waals surface area contributed by atoms with E-state index in [1.165, 1.54) is 24.3 Å². The highest BCUT2D eigenvalue weighted by atomic mass is 17.2. The van der Waals surface area contributed by atoms with Crippen LogP contribution in [0.15, 0.2) is 24.3 Å². The summed E-state index contributed by atoms with van der Waals surface area (Å²) in [7, 11) is 0. The van der Waals surface area contributed by atoms with Gasteiger partial charge in [0.2, 0.25) is 0 Å². The average Bonchev–Trinajstić information content (AvgIpc) is 2.38. The predicted molar refractivity (Wildman–Crippen MR) is 64.2 cm³/mol. The molecule has 1 atom stereocenters. The van der Waals surface area contributed by atoms with Gasteiger partial charge in [-0.05, 0) is 30.2 Å². The molecule has 1 rings (SSSR count). The van der Waals surface area contributed by atoms with E-state index in [2.05, 4.69) is 4.89 Å². The second kappa shape index (κ2) is 6.76. The number of carboxylic acid groups (broad SMARTS) is 1. The molecule has 0 aliphatic heterocycles. The Kier molecular flexibility index (Phi) is 5.32. The van der Waals surface area contributed by atoms with Crippen LogP contribution < -0.4 is 0 Å². The van der Waals surface area contributed by atoms with Crippen LogP contribution in [0, 0.1) is 5.92 Å². The highest BCUT2D eigenvalue weighted by molar-refractivity contribution is 5.92. The van der Waals surface area contributed by atoms with E-state index in [0.29, 0.717) is 12.5 Å². The number of rotatable bonds is 6. The van der Waals surface area contributed by atoms with Gasteiger partial charge in [0.25, 0.3) is 0 Å². The van der Waals surface area contributed by atoms with Gasteiger partial charge in [0.15, 0.2) is 0 Å². The molecule has 5 heteroatoms. The van der Waals surface area contributed by atoms with Crippen molar-refractivity contribution in [3.8, 4) is 0 Å². The summed E-state index contributed by atoms with van der Waals surface area (Å²) in [6.07, 6.45) is 0.935. The summed E-state index contributed by atoms with van der Waals surface area (Å²) in [5, 5.41) is 8.70. The molecule has 1 N–H and O–H groups in total. The third kappa shape index (κ3) is 4.18. The van der Waals surface area contributed by atoms with Crippen LogP contribution in [0.3, 0.4) is 0 Å². The van der Waals surface area contributed by atoms with E-state index in [1.54, 1.807) is 0 Å². The van der Waals surface area contributed by atoms with Crippen molar-refractivity contribution in [3.63, 3.8) is 0 Å². The lowest BCUT2D eigenvalue weighted by Crippen LogP contribution is -2.11. The first kappa shape index (κ1) is 14.2. The third-order valence-electron chi connectivity index (χ3n) is 2.55. The summed E-state index contributed by atoms with van der Waals surface area (Å²) >= 11 is 0. The largest absolute Gasteiger partial charge is 0.478 e. The average molecular weight is 252 g/mol. The minimum atomic E-state index is -1.04. The fraction of sp³-hybridized carbons (Fsp3) is 0.385. The number of carbonyl (C=O) groups is 2. The van der Waals surface area contributed by atoms with Gasteiger partial charge in [-0.15, -0.1) is 0 Å². The van der Waals surface area contributed by atoms with E-state index in [9.17, 15) is 9.59 Å². The summed E-state index contributed by atoms with van der Waals surface area (Å²) in [6, 6.07) is 5.46. The highest BCUT2D eigenvalue weighted by Gasteiger charge is 2.10. The van der Waals surface area contributed by atoms with E-state index in [-0.39, 0.29) is 11.1 Å². The first-order chi connectivity index (χ1) is 8.54. The monoisotopic (exact) mass is 252 g/mol. The summed E-state index contributed by atoms with van der Waals surface area (Å²) < 4.78 is 0. The molecule has 0 saturated heterocycles. The molecule has 18 heavy (non-hydrogen) atoms. The van der Waals surface area contributed by atoms with Gasteiger partial charge in [0.05, 0.1) is 17.7 Å². The summed E-state index contributed by atoms with van der Waals surface area (Å²) in [5.74, 6) is -1.36. The van der Waals surface area contributed by atoms with Gasteiger partial charge in [-0.3, -0.25) is 4.89 Å². The van der Waals surface area contributed by atoms with Crippen LogP contribution in [-0.2, 0) is 9.78 Å². The smallest absolute Gasteiger partial charge is 0.373 e. The second-order valence-electron chi connectivity index (χ2n) is 4.05. The summed E-state index contributed by atoms with van der Waals surface area (Å²) in [5.41, 5.74) is 0.372. The quantitative estimate of drug-likeness (QED) is 0.622. The maximum absolute atomic E-state index is 11.5. The van der Waals surface area contributed by atoms with Crippen molar-refractivity contribution in [2.45, 2.75) is 20.3 Å². The Labute approximate surface area is 105 Å². The third-order valence-corrected chi connectivity index (χ3v) is 2.55. The van der Waals surface area contributed by atoms with Crippen molar-refractivity contribution in [2.75, 3.05) is 6.61 Å². The zero-order valence-corrected chi connectivity index (χ0v) is 10.4. The van der Waals surface area contributed by atoms with Crippen molar-refractivity contribution < 1.29 is 24.5 Å². The van der Waals surface area contributed by atoms with E-state index in [0.717, 1.165) is 6.42 Å². The number of hydrogen-bond donors (Lipinski definition) is 1. The maximum Gasteiger partial charge on any atom is 0.373 e. The molecule has 0 spiro atoms. The fourth-order valence-electron chi connectivity index (χ4n) is 1.12. The van der Waals surface area contributed by atoms with Crippen LogP contribution in [-0.4, -0.2) is 23.7 Å². The molecule has 0 aliphatic carbocycles. The van der Waals surface area contributed by atoms with Gasteiger partial charge in [-0.2, -0.15) is 4.89 Å². The molecular weight excluding hydrogens is 236 g/mol. The van der Waals surface area contributed by atoms with Crippen molar-refractivity contribution in [1.29, 1.82) is 0 Å². The van der Waals surface area contributed by atoms with Gasteiger partial charge in [-0.25, -0.2) is 9.59 Å². The Morgan fingerprint density at radius 3 is 2.28 bits per heavy atom. The van der Waals surface area contributed by atoms with Crippen molar-refractivity contribution in [3.05, 3.63) is 35.4 Å². The SMILES string of the molecule is CCC(C)COOC(=O)c1ccc(C(=O)O)cc1. The van der Waals surface area contributed by atoms with E-state index in [1.807, 2.05) is 13.8 Å². The number of hydrogen-bond acceptors (Lipinski definition) is 4. The second-order valence-corrected chi connectivity index (χ2v) is 4.05. The normalized spacial score (nSPS) is 11.9. The molecule has 0 saturated carbocycles. The first-order valence-corrected chi connectivity index (χ1v) is 5.71. The lowest BCUT2D eigenvalue weighted by atomic mass is 10.1. The molecule has 0 fully saturated rings. The molecule has 1 aromatic rings. The van der Waals surface area contributed by atoms with Gasteiger partial charge in [-0.1, -0.05) is 20.3 Å². The predicted octanol–water partition coefficient (Wildman–Crippen LogP) is 2.52. The molecule has 1 unspecified atom stereocenters. The molecule has 0 heterocycles. The van der Waals surface area contributed by atoms with Gasteiger partial charge in [0, 0.05) is 0 Å². The molecule has 0 amide bonds. The first-order valence-electron chi connectivity index (χ1n) is 5.71. The zero-order valence-electron chi connectivity index (χ0n) is 10.4. The topological polar surface area (TPSA) is 72.8 Å². The minimum Gasteiger partial charge on any atom is -0.478 e. The summed E-state index contributed by atoms with van der Waals surface area (Å²) in [4.78, 5) is 31.6. The Hall–Kier alpha value is -1.88. The lowest BCUT2D eigenvalue weighted by molar-refractivity contribution is -0.248. The highest BCUT2D eigenvalue weighted by Crippen LogP contribution is 2.07. The van der Waals surface area contributed by atoms with Crippen LogP contribution in [0.4, 0.5) is 0 Å². The molecule has 0 radical (unpaired) electrons. The van der Waals surface area contributed by atoms with Crippen LogP contribution in [0.1, 0.15) is 41.0 Å². The molecule has 98 valence electrons. The van der Waals surface area contributed by atoms with Gasteiger partial charge >= 0.3 is 11.9 Å². The standard InChI is InChI=1S/C13H16O5/c1-3-9(2)8-17-18-13(16)11-6-4-10(5-7-11)12(14)15/h4-7,9H,3,8H2,1-2H3,(H,14,15). The van der Waals surface area contributed by atoms with E-state index < -0.39 is 11.9 Å². The van der Waals surface area contributed by atoms with Crippen LogP contribution in [0.5, 0.6) is 0 Å². The Bertz CT molecular complexity index is 410. The molecule has 0 aromatic heterocycles. The lowest BCUT2D eigenvalue weighted by Gasteiger charge is -2.07. The number of carbonyl (C=O) groups excluding carboxylic acids is 1. The van der Waals surface area contributed by atoms with Gasteiger partial charge in [0.1, 0.15) is 0 Å². The fourth-order valence-corrected chi connectivity index (χ4v) is 1.12. The Morgan fingerprint density at radius 2 is 1.78 bits per heavy atom. The van der Waals surface area contributed by atoms with E-state index >= 15 is 0 Å². The van der Waals surface area contributed by atoms with Crippen molar-refractivity contribution in [2.24, 2.45) is 5.92 Å². The molecule has 5 nitrogen and oxygen atoms in total. The Balaban J connectivity index is 2.49. The molecular formula is C13H16O5. The van der Waals surface area contributed by atoms with Crippen molar-refractivity contribution >= 4 is 11.9 Å². The van der Waals surface area contributed by atoms with Crippen molar-refractivity contribution in [1.82, 2.24) is 0 Å². The van der Waals surface area contributed by atoms with Gasteiger partial charge < -0.3 is 5.11 Å². The number of benzene rings is 1. The number of carboxylic acids is 1. The minimum absolute atomic E-state index is 0.118. The van der Waals surface area contributed by atoms with E-state index in [4.69, 9.17) is 9.99 Å². The zero-order chi connectivity index (χ0) is 13.5. The number of aromatic carboxylic acids is 1. The molecule has 0 aliphatic rings. The molecule has 1 aromatic carbocycles. The Morgan fingerprint density at radius 1 is 1.22 bits per heavy atom.